The fraction of sp³-hybridized carbons (Fsp3) is 0.333. The first-order valence-corrected chi connectivity index (χ1v) is 8.68. The Labute approximate surface area is 157 Å². The second-order valence-electron chi connectivity index (χ2n) is 5.56. The van der Waals surface area contributed by atoms with E-state index in [1.807, 2.05) is 0 Å². The van der Waals surface area contributed by atoms with Gasteiger partial charge in [-0.25, -0.2) is 14.8 Å². The third-order valence-corrected chi connectivity index (χ3v) is 3.94. The quantitative estimate of drug-likeness (QED) is 0.538. The molecule has 0 atom stereocenters. The number of halogens is 1. The van der Waals surface area contributed by atoms with Crippen LogP contribution in [-0.2, 0) is 4.74 Å². The van der Waals surface area contributed by atoms with Gasteiger partial charge in [0.25, 0.3) is 5.91 Å². The van der Waals surface area contributed by atoms with Crippen molar-refractivity contribution < 1.29 is 14.3 Å². The van der Waals surface area contributed by atoms with E-state index in [0.717, 1.165) is 25.8 Å². The minimum atomic E-state index is -0.518. The fourth-order valence-corrected chi connectivity index (χ4v) is 2.35. The largest absolute Gasteiger partial charge is 0.465 e. The van der Waals surface area contributed by atoms with Gasteiger partial charge in [-0.2, -0.15) is 0 Å². The SMILES string of the molecule is CCCCCNc1cnc(C(=O)Nc2cc(C(=O)OC)ccc2Cl)cn1. The lowest BCUT2D eigenvalue weighted by Gasteiger charge is -2.09. The van der Waals surface area contributed by atoms with Crippen LogP contribution in [0.3, 0.4) is 0 Å². The molecule has 0 aliphatic rings. The first-order valence-electron chi connectivity index (χ1n) is 8.30. The van der Waals surface area contributed by atoms with Crippen molar-refractivity contribution in [1.29, 1.82) is 0 Å². The van der Waals surface area contributed by atoms with Crippen molar-refractivity contribution in [2.45, 2.75) is 26.2 Å². The summed E-state index contributed by atoms with van der Waals surface area (Å²) in [7, 11) is 1.28. The Morgan fingerprint density at radius 2 is 2.00 bits per heavy atom. The van der Waals surface area contributed by atoms with Gasteiger partial charge in [-0.05, 0) is 24.6 Å². The van der Waals surface area contributed by atoms with E-state index in [-0.39, 0.29) is 11.3 Å². The third-order valence-electron chi connectivity index (χ3n) is 3.61. The van der Waals surface area contributed by atoms with Gasteiger partial charge in [0.2, 0.25) is 0 Å². The number of ether oxygens (including phenoxy) is 1. The molecule has 0 aliphatic carbocycles. The lowest BCUT2D eigenvalue weighted by molar-refractivity contribution is 0.0600. The van der Waals surface area contributed by atoms with Gasteiger partial charge in [-0.1, -0.05) is 31.4 Å². The molecule has 0 saturated heterocycles. The standard InChI is InChI=1S/C18H21ClN4O3/c1-3-4-5-8-20-16-11-21-15(10-22-16)17(24)23-14-9-12(18(25)26-2)6-7-13(14)19/h6-7,9-11H,3-5,8H2,1-2H3,(H,20,22)(H,23,24). The summed E-state index contributed by atoms with van der Waals surface area (Å²) in [6, 6.07) is 4.48. The van der Waals surface area contributed by atoms with Crippen molar-refractivity contribution >= 4 is 35.0 Å². The molecule has 2 aromatic rings. The number of methoxy groups -OCH3 is 1. The van der Waals surface area contributed by atoms with Crippen molar-refractivity contribution in [3.63, 3.8) is 0 Å². The normalized spacial score (nSPS) is 10.3. The molecular formula is C18H21ClN4O3. The smallest absolute Gasteiger partial charge is 0.337 e. The third kappa shape index (κ3) is 5.42. The van der Waals surface area contributed by atoms with Crippen LogP contribution in [0.1, 0.15) is 47.0 Å². The molecule has 8 heteroatoms. The molecule has 0 unspecified atom stereocenters. The van der Waals surface area contributed by atoms with Crippen molar-refractivity contribution in [2.75, 3.05) is 24.3 Å². The molecule has 138 valence electrons. The van der Waals surface area contributed by atoms with Crippen molar-refractivity contribution in [1.82, 2.24) is 9.97 Å². The first-order chi connectivity index (χ1) is 12.5. The molecule has 1 amide bonds. The highest BCUT2D eigenvalue weighted by Crippen LogP contribution is 2.24. The van der Waals surface area contributed by atoms with Crippen LogP contribution in [-0.4, -0.2) is 35.5 Å². The Kier molecular flexibility index (Phi) is 7.35. The van der Waals surface area contributed by atoms with E-state index in [1.165, 1.54) is 37.7 Å². The molecular weight excluding hydrogens is 356 g/mol. The van der Waals surface area contributed by atoms with Crippen molar-refractivity contribution in [2.24, 2.45) is 0 Å². The number of hydrogen-bond donors (Lipinski definition) is 2. The zero-order chi connectivity index (χ0) is 18.9. The number of esters is 1. The van der Waals surface area contributed by atoms with Gasteiger partial charge in [0.05, 0.1) is 35.8 Å². The number of aromatic nitrogens is 2. The highest BCUT2D eigenvalue weighted by atomic mass is 35.5. The predicted octanol–water partition coefficient (Wildman–Crippen LogP) is 3.77. The number of unbranched alkanes of at least 4 members (excludes halogenated alkanes) is 2. The number of benzene rings is 1. The van der Waals surface area contributed by atoms with Gasteiger partial charge in [0.15, 0.2) is 0 Å². The zero-order valence-corrected chi connectivity index (χ0v) is 15.5. The number of nitrogens with zero attached hydrogens (tertiary/aromatic N) is 2. The van der Waals surface area contributed by atoms with E-state index in [4.69, 9.17) is 11.6 Å². The van der Waals surface area contributed by atoms with E-state index in [9.17, 15) is 9.59 Å². The molecule has 0 saturated carbocycles. The van der Waals surface area contributed by atoms with Gasteiger partial charge < -0.3 is 15.4 Å². The van der Waals surface area contributed by atoms with E-state index >= 15 is 0 Å². The summed E-state index contributed by atoms with van der Waals surface area (Å²) >= 11 is 6.07. The zero-order valence-electron chi connectivity index (χ0n) is 14.7. The summed E-state index contributed by atoms with van der Waals surface area (Å²) in [5, 5.41) is 6.08. The molecule has 0 fully saturated rings. The number of anilines is 2. The highest BCUT2D eigenvalue weighted by Gasteiger charge is 2.13. The van der Waals surface area contributed by atoms with Gasteiger partial charge in [-0.3, -0.25) is 4.79 Å². The van der Waals surface area contributed by atoms with Gasteiger partial charge in [0.1, 0.15) is 11.5 Å². The molecule has 2 N–H and O–H groups in total. The summed E-state index contributed by atoms with van der Waals surface area (Å²) in [6.07, 6.45) is 6.23. The number of nitrogens with one attached hydrogen (secondary N) is 2. The van der Waals surface area contributed by atoms with E-state index in [1.54, 1.807) is 0 Å². The van der Waals surface area contributed by atoms with Crippen LogP contribution < -0.4 is 10.6 Å². The lowest BCUT2D eigenvalue weighted by atomic mass is 10.2. The highest BCUT2D eigenvalue weighted by molar-refractivity contribution is 6.34. The van der Waals surface area contributed by atoms with Crippen LogP contribution in [0, 0.1) is 0 Å². The minimum Gasteiger partial charge on any atom is -0.465 e. The molecule has 26 heavy (non-hydrogen) atoms. The number of amides is 1. The van der Waals surface area contributed by atoms with Crippen molar-refractivity contribution in [3.8, 4) is 0 Å². The molecule has 0 spiro atoms. The van der Waals surface area contributed by atoms with Crippen LogP contribution in [0.2, 0.25) is 5.02 Å². The van der Waals surface area contributed by atoms with Crippen LogP contribution in [0.25, 0.3) is 0 Å². The van der Waals surface area contributed by atoms with Gasteiger partial charge in [-0.15, -0.1) is 0 Å². The molecule has 0 aliphatic heterocycles. The average Bonchev–Trinajstić information content (AvgIpc) is 2.66. The monoisotopic (exact) mass is 376 g/mol. The summed E-state index contributed by atoms with van der Waals surface area (Å²) in [5.41, 5.74) is 0.719. The Morgan fingerprint density at radius 1 is 1.19 bits per heavy atom. The van der Waals surface area contributed by atoms with E-state index < -0.39 is 11.9 Å². The number of rotatable bonds is 8. The van der Waals surface area contributed by atoms with Crippen LogP contribution in [0.5, 0.6) is 0 Å². The van der Waals surface area contributed by atoms with Crippen LogP contribution in [0.15, 0.2) is 30.6 Å². The first kappa shape index (κ1) is 19.7. The molecule has 2 rings (SSSR count). The summed E-state index contributed by atoms with van der Waals surface area (Å²) in [4.78, 5) is 32.2. The van der Waals surface area contributed by atoms with E-state index in [2.05, 4.69) is 32.3 Å². The van der Waals surface area contributed by atoms with Gasteiger partial charge >= 0.3 is 5.97 Å². The van der Waals surface area contributed by atoms with Crippen LogP contribution >= 0.6 is 11.6 Å². The van der Waals surface area contributed by atoms with Crippen LogP contribution in [0.4, 0.5) is 11.5 Å². The number of hydrogen-bond acceptors (Lipinski definition) is 6. The van der Waals surface area contributed by atoms with Crippen molar-refractivity contribution in [3.05, 3.63) is 46.9 Å². The molecule has 0 bridgehead atoms. The molecule has 1 aromatic heterocycles. The lowest BCUT2D eigenvalue weighted by Crippen LogP contribution is -2.15. The second kappa shape index (κ2) is 9.72. The Morgan fingerprint density at radius 3 is 2.65 bits per heavy atom. The summed E-state index contributed by atoms with van der Waals surface area (Å²) in [6.45, 7) is 2.95. The predicted molar refractivity (Wildman–Crippen MR) is 101 cm³/mol. The summed E-state index contributed by atoms with van der Waals surface area (Å²) < 4.78 is 4.66. The Hall–Kier alpha value is -2.67. The molecule has 7 nitrogen and oxygen atoms in total. The minimum absolute atomic E-state index is 0.142. The number of carbonyl (C=O) groups is 2. The maximum atomic E-state index is 12.3. The number of carbonyl (C=O) groups excluding carboxylic acids is 2. The average molecular weight is 377 g/mol. The molecule has 1 aromatic carbocycles. The Bertz CT molecular complexity index is 766. The second-order valence-corrected chi connectivity index (χ2v) is 5.97. The molecule has 0 radical (unpaired) electrons. The van der Waals surface area contributed by atoms with Gasteiger partial charge in [0, 0.05) is 6.54 Å². The maximum Gasteiger partial charge on any atom is 0.337 e. The maximum absolute atomic E-state index is 12.3. The molecule has 1 heterocycles. The van der Waals surface area contributed by atoms with E-state index in [0.29, 0.717) is 16.5 Å². The Balaban J connectivity index is 2.02. The topological polar surface area (TPSA) is 93.2 Å². The summed E-state index contributed by atoms with van der Waals surface area (Å²) in [5.74, 6) is -0.377. The fourth-order valence-electron chi connectivity index (χ4n) is 2.18.